The van der Waals surface area contributed by atoms with Gasteiger partial charge < -0.3 is 4.90 Å². The van der Waals surface area contributed by atoms with Crippen LogP contribution in [0.2, 0.25) is 0 Å². The molecule has 15 heavy (non-hydrogen) atoms. The summed E-state index contributed by atoms with van der Waals surface area (Å²) in [7, 11) is 0. The SMILES string of the molecule is CC(=O)c1ccc2c(c1)CN(C(C)=O)C2. The minimum absolute atomic E-state index is 0.0686. The van der Waals surface area contributed by atoms with Gasteiger partial charge in [-0.2, -0.15) is 0 Å². The molecule has 1 aromatic rings. The zero-order valence-corrected chi connectivity index (χ0v) is 8.91. The fourth-order valence-electron chi connectivity index (χ4n) is 1.84. The lowest BCUT2D eigenvalue weighted by atomic mass is 10.0. The summed E-state index contributed by atoms with van der Waals surface area (Å²) in [4.78, 5) is 24.1. The molecule has 1 aromatic carbocycles. The van der Waals surface area contributed by atoms with Crippen LogP contribution in [-0.2, 0) is 17.9 Å². The maximum Gasteiger partial charge on any atom is 0.220 e. The standard InChI is InChI=1S/C12H13NO2/c1-8(14)10-3-4-11-6-13(9(2)15)7-12(11)5-10/h3-5H,6-7H2,1-2H3. The molecule has 0 radical (unpaired) electrons. The molecular weight excluding hydrogens is 190 g/mol. The number of ketones is 1. The van der Waals surface area contributed by atoms with Gasteiger partial charge in [0, 0.05) is 25.6 Å². The Kier molecular flexibility index (Phi) is 2.31. The summed E-state index contributed by atoms with van der Waals surface area (Å²) in [6.07, 6.45) is 0. The first-order chi connectivity index (χ1) is 7.08. The van der Waals surface area contributed by atoms with E-state index in [1.165, 1.54) is 0 Å². The Morgan fingerprint density at radius 1 is 1.13 bits per heavy atom. The van der Waals surface area contributed by atoms with Crippen LogP contribution in [-0.4, -0.2) is 16.6 Å². The van der Waals surface area contributed by atoms with E-state index in [0.717, 1.165) is 16.7 Å². The van der Waals surface area contributed by atoms with E-state index >= 15 is 0 Å². The summed E-state index contributed by atoms with van der Waals surface area (Å²) < 4.78 is 0. The van der Waals surface area contributed by atoms with Crippen molar-refractivity contribution in [1.29, 1.82) is 0 Å². The molecule has 1 aliphatic rings. The van der Waals surface area contributed by atoms with Gasteiger partial charge >= 0.3 is 0 Å². The van der Waals surface area contributed by atoms with Gasteiger partial charge in [0.05, 0.1) is 0 Å². The Bertz CT molecular complexity index is 437. The minimum Gasteiger partial charge on any atom is -0.334 e. The summed E-state index contributed by atoms with van der Waals surface area (Å²) in [5.41, 5.74) is 2.97. The highest BCUT2D eigenvalue weighted by Gasteiger charge is 2.21. The smallest absolute Gasteiger partial charge is 0.220 e. The number of fused-ring (bicyclic) bond motifs is 1. The van der Waals surface area contributed by atoms with E-state index in [-0.39, 0.29) is 11.7 Å². The summed E-state index contributed by atoms with van der Waals surface area (Å²) in [6, 6.07) is 5.65. The Morgan fingerprint density at radius 3 is 2.40 bits per heavy atom. The maximum atomic E-state index is 11.2. The van der Waals surface area contributed by atoms with Crippen LogP contribution in [0.5, 0.6) is 0 Å². The van der Waals surface area contributed by atoms with Crippen LogP contribution < -0.4 is 0 Å². The molecule has 1 amide bonds. The molecule has 0 aliphatic carbocycles. The van der Waals surface area contributed by atoms with E-state index in [1.54, 1.807) is 18.7 Å². The maximum absolute atomic E-state index is 11.2. The number of hydrogen-bond acceptors (Lipinski definition) is 2. The molecule has 0 aromatic heterocycles. The number of hydrogen-bond donors (Lipinski definition) is 0. The number of carbonyl (C=O) groups is 2. The van der Waals surface area contributed by atoms with E-state index in [2.05, 4.69) is 0 Å². The molecule has 0 fully saturated rings. The van der Waals surface area contributed by atoms with Gasteiger partial charge in [-0.05, 0) is 24.1 Å². The highest BCUT2D eigenvalue weighted by molar-refractivity contribution is 5.94. The van der Waals surface area contributed by atoms with Crippen molar-refractivity contribution in [1.82, 2.24) is 4.90 Å². The van der Waals surface area contributed by atoms with Crippen LogP contribution in [0.4, 0.5) is 0 Å². The van der Waals surface area contributed by atoms with Crippen molar-refractivity contribution in [2.24, 2.45) is 0 Å². The zero-order chi connectivity index (χ0) is 11.0. The van der Waals surface area contributed by atoms with Gasteiger partial charge in [0.15, 0.2) is 5.78 Å². The fraction of sp³-hybridized carbons (Fsp3) is 0.333. The molecule has 1 aliphatic heterocycles. The van der Waals surface area contributed by atoms with E-state index < -0.39 is 0 Å². The van der Waals surface area contributed by atoms with Crippen LogP contribution >= 0.6 is 0 Å². The molecule has 0 bridgehead atoms. The third-order valence-corrected chi connectivity index (χ3v) is 2.78. The lowest BCUT2D eigenvalue weighted by molar-refractivity contribution is -0.129. The molecule has 0 saturated heterocycles. The van der Waals surface area contributed by atoms with Gasteiger partial charge in [-0.1, -0.05) is 12.1 Å². The first-order valence-corrected chi connectivity index (χ1v) is 4.96. The normalized spacial score (nSPS) is 13.9. The highest BCUT2D eigenvalue weighted by Crippen LogP contribution is 2.23. The Morgan fingerprint density at radius 2 is 1.80 bits per heavy atom. The van der Waals surface area contributed by atoms with Crippen molar-refractivity contribution in [2.75, 3.05) is 0 Å². The van der Waals surface area contributed by atoms with Crippen molar-refractivity contribution >= 4 is 11.7 Å². The summed E-state index contributed by atoms with van der Waals surface area (Å²) in [5, 5.41) is 0. The summed E-state index contributed by atoms with van der Waals surface area (Å²) in [6.45, 7) is 4.42. The average Bonchev–Trinajstić information content (AvgIpc) is 2.59. The van der Waals surface area contributed by atoms with E-state index in [0.29, 0.717) is 13.1 Å². The summed E-state index contributed by atoms with van der Waals surface area (Å²) in [5.74, 6) is 0.148. The zero-order valence-electron chi connectivity index (χ0n) is 8.91. The quantitative estimate of drug-likeness (QED) is 0.652. The molecule has 3 nitrogen and oxygen atoms in total. The number of nitrogens with zero attached hydrogens (tertiary/aromatic N) is 1. The Balaban J connectivity index is 2.31. The van der Waals surface area contributed by atoms with Crippen molar-refractivity contribution in [3.05, 3.63) is 34.9 Å². The lowest BCUT2D eigenvalue weighted by Crippen LogP contribution is -2.21. The summed E-state index contributed by atoms with van der Waals surface area (Å²) >= 11 is 0. The molecular formula is C12H13NO2. The van der Waals surface area contributed by atoms with Gasteiger partial charge in [0.1, 0.15) is 0 Å². The fourth-order valence-corrected chi connectivity index (χ4v) is 1.84. The van der Waals surface area contributed by atoms with Crippen LogP contribution in [0.15, 0.2) is 18.2 Å². The lowest BCUT2D eigenvalue weighted by Gasteiger charge is -2.10. The first-order valence-electron chi connectivity index (χ1n) is 4.96. The monoisotopic (exact) mass is 203 g/mol. The second kappa shape index (κ2) is 3.50. The largest absolute Gasteiger partial charge is 0.334 e. The van der Waals surface area contributed by atoms with E-state index in [4.69, 9.17) is 0 Å². The molecule has 0 atom stereocenters. The number of amides is 1. The first kappa shape index (κ1) is 9.90. The predicted octanol–water partition coefficient (Wildman–Crippen LogP) is 1.75. The topological polar surface area (TPSA) is 37.4 Å². The Hall–Kier alpha value is -1.64. The van der Waals surface area contributed by atoms with E-state index in [9.17, 15) is 9.59 Å². The second-order valence-corrected chi connectivity index (χ2v) is 3.91. The molecule has 0 N–H and O–H groups in total. The highest BCUT2D eigenvalue weighted by atomic mass is 16.2. The van der Waals surface area contributed by atoms with Crippen molar-refractivity contribution in [3.63, 3.8) is 0 Å². The van der Waals surface area contributed by atoms with Gasteiger partial charge in [-0.15, -0.1) is 0 Å². The number of carbonyl (C=O) groups excluding carboxylic acids is 2. The molecule has 78 valence electrons. The average molecular weight is 203 g/mol. The van der Waals surface area contributed by atoms with E-state index in [1.807, 2.05) is 18.2 Å². The van der Waals surface area contributed by atoms with Gasteiger partial charge in [-0.25, -0.2) is 0 Å². The van der Waals surface area contributed by atoms with Crippen LogP contribution in [0.3, 0.4) is 0 Å². The predicted molar refractivity (Wildman–Crippen MR) is 56.4 cm³/mol. The number of Topliss-reactive ketones (excluding diaryl/α,β-unsaturated/α-hetero) is 1. The van der Waals surface area contributed by atoms with Crippen molar-refractivity contribution in [2.45, 2.75) is 26.9 Å². The van der Waals surface area contributed by atoms with Gasteiger partial charge in [0.25, 0.3) is 0 Å². The van der Waals surface area contributed by atoms with Crippen molar-refractivity contribution in [3.8, 4) is 0 Å². The minimum atomic E-state index is 0.0686. The van der Waals surface area contributed by atoms with Gasteiger partial charge in [-0.3, -0.25) is 9.59 Å². The van der Waals surface area contributed by atoms with Crippen molar-refractivity contribution < 1.29 is 9.59 Å². The molecule has 0 spiro atoms. The molecule has 3 heteroatoms. The number of rotatable bonds is 1. The van der Waals surface area contributed by atoms with Crippen LogP contribution in [0, 0.1) is 0 Å². The third kappa shape index (κ3) is 1.77. The molecule has 0 saturated carbocycles. The van der Waals surface area contributed by atoms with Crippen LogP contribution in [0.25, 0.3) is 0 Å². The Labute approximate surface area is 88.7 Å². The third-order valence-electron chi connectivity index (χ3n) is 2.78. The van der Waals surface area contributed by atoms with Gasteiger partial charge in [0.2, 0.25) is 5.91 Å². The second-order valence-electron chi connectivity index (χ2n) is 3.91. The molecule has 2 rings (SSSR count). The molecule has 0 unspecified atom stereocenters. The number of benzene rings is 1. The van der Waals surface area contributed by atoms with Crippen LogP contribution in [0.1, 0.15) is 35.3 Å². The molecule has 1 heterocycles.